The van der Waals surface area contributed by atoms with Crippen molar-refractivity contribution in [1.82, 2.24) is 0 Å². The van der Waals surface area contributed by atoms with E-state index in [1.807, 2.05) is 6.92 Å². The minimum Gasteiger partial charge on any atom is -0.466 e. The topological polar surface area (TPSA) is 143 Å². The van der Waals surface area contributed by atoms with Gasteiger partial charge in [-0.25, -0.2) is 9.59 Å². The van der Waals surface area contributed by atoms with E-state index in [4.69, 9.17) is 32.8 Å². The Bertz CT molecular complexity index is 1170. The van der Waals surface area contributed by atoms with Crippen molar-refractivity contribution < 1.29 is 52.0 Å². The molecule has 0 unspecified atom stereocenters. The third kappa shape index (κ3) is 3.72. The first-order valence-corrected chi connectivity index (χ1v) is 11.7. The van der Waals surface area contributed by atoms with Crippen LogP contribution in [0.25, 0.3) is 0 Å². The van der Waals surface area contributed by atoms with Crippen LogP contribution < -0.4 is 0 Å². The van der Waals surface area contributed by atoms with Gasteiger partial charge in [-0.05, 0) is 31.9 Å². The Morgan fingerprint density at radius 3 is 2.44 bits per heavy atom. The van der Waals surface area contributed by atoms with Gasteiger partial charge in [-0.2, -0.15) is 0 Å². The second kappa shape index (κ2) is 8.17. The van der Waals surface area contributed by atoms with Crippen LogP contribution in [0.1, 0.15) is 62.9 Å². The molecule has 0 saturated carbocycles. The molecule has 0 aromatic carbocycles. The number of ether oxygens (including phenoxy) is 6. The SMILES string of the molecule is C=C(C(=O)OC)[C@@H]1C[C@@H](OC(C)=O)[C@@]23O[C@@H]2[C@@H](C[C@]2(C)O[C@H]2c2cc(C)c(o2)[C@@H]1OC(C)=O)OC3=O. The van der Waals surface area contributed by atoms with E-state index in [0.717, 1.165) is 0 Å². The number of hydrogen-bond acceptors (Lipinski definition) is 11. The molecular weight excluding hydrogens is 476 g/mol. The van der Waals surface area contributed by atoms with Gasteiger partial charge >= 0.3 is 23.9 Å². The predicted octanol–water partition coefficient (Wildman–Crippen LogP) is 2.16. The molecule has 1 aromatic rings. The number of aryl methyl sites for hydroxylation is 1. The fourth-order valence-electron chi connectivity index (χ4n) is 5.57. The fraction of sp³-hybridized carbons (Fsp3) is 0.600. The second-order valence-electron chi connectivity index (χ2n) is 9.97. The Labute approximate surface area is 207 Å². The van der Waals surface area contributed by atoms with Crippen LogP contribution in [0.2, 0.25) is 0 Å². The lowest BCUT2D eigenvalue weighted by Gasteiger charge is -2.30. The van der Waals surface area contributed by atoms with E-state index in [1.165, 1.54) is 21.0 Å². The Morgan fingerprint density at radius 2 is 1.83 bits per heavy atom. The molecule has 3 fully saturated rings. The van der Waals surface area contributed by atoms with Gasteiger partial charge in [0.1, 0.15) is 41.5 Å². The lowest BCUT2D eigenvalue weighted by atomic mass is 9.81. The largest absolute Gasteiger partial charge is 0.466 e. The summed E-state index contributed by atoms with van der Waals surface area (Å²) in [6, 6.07) is 1.79. The molecule has 0 aliphatic carbocycles. The highest BCUT2D eigenvalue weighted by Gasteiger charge is 2.79. The van der Waals surface area contributed by atoms with Crippen molar-refractivity contribution >= 4 is 23.9 Å². The van der Waals surface area contributed by atoms with Crippen molar-refractivity contribution in [2.24, 2.45) is 5.92 Å². The van der Waals surface area contributed by atoms with E-state index >= 15 is 0 Å². The quantitative estimate of drug-likeness (QED) is 0.257. The van der Waals surface area contributed by atoms with Gasteiger partial charge in [-0.3, -0.25) is 9.59 Å². The zero-order valence-electron chi connectivity index (χ0n) is 20.7. The van der Waals surface area contributed by atoms with Gasteiger partial charge in [-0.1, -0.05) is 6.58 Å². The first-order valence-electron chi connectivity index (χ1n) is 11.7. The fourth-order valence-corrected chi connectivity index (χ4v) is 5.57. The summed E-state index contributed by atoms with van der Waals surface area (Å²) in [5.74, 6) is -2.93. The Morgan fingerprint density at radius 1 is 1.14 bits per heavy atom. The Balaban J connectivity index is 1.66. The summed E-state index contributed by atoms with van der Waals surface area (Å²) in [7, 11) is 1.19. The molecule has 11 nitrogen and oxygen atoms in total. The highest BCUT2D eigenvalue weighted by Crippen LogP contribution is 2.60. The van der Waals surface area contributed by atoms with Crippen molar-refractivity contribution in [3.8, 4) is 0 Å². The van der Waals surface area contributed by atoms with Crippen molar-refractivity contribution in [1.29, 1.82) is 0 Å². The highest BCUT2D eigenvalue weighted by molar-refractivity contribution is 5.89. The number of rotatable bonds is 4. The molecule has 4 aliphatic heterocycles. The maximum Gasteiger partial charge on any atom is 0.345 e. The van der Waals surface area contributed by atoms with Crippen LogP contribution in [0.3, 0.4) is 0 Å². The molecule has 0 spiro atoms. The van der Waals surface area contributed by atoms with Gasteiger partial charge in [0.2, 0.25) is 5.60 Å². The summed E-state index contributed by atoms with van der Waals surface area (Å²) in [5.41, 5.74) is -1.64. The van der Waals surface area contributed by atoms with Gasteiger partial charge in [0.05, 0.1) is 7.11 Å². The van der Waals surface area contributed by atoms with E-state index in [2.05, 4.69) is 6.58 Å². The third-order valence-electron chi connectivity index (χ3n) is 7.39. The molecule has 0 radical (unpaired) electrons. The van der Waals surface area contributed by atoms with Crippen molar-refractivity contribution in [3.05, 3.63) is 35.3 Å². The predicted molar refractivity (Wildman–Crippen MR) is 117 cm³/mol. The number of carbonyl (C=O) groups is 4. The number of hydrogen-bond donors (Lipinski definition) is 0. The van der Waals surface area contributed by atoms with Crippen LogP contribution in [0.5, 0.6) is 0 Å². The number of fused-ring (bicyclic) bond motifs is 4. The second-order valence-corrected chi connectivity index (χ2v) is 9.97. The summed E-state index contributed by atoms with van der Waals surface area (Å²) >= 11 is 0. The van der Waals surface area contributed by atoms with E-state index in [1.54, 1.807) is 13.0 Å². The van der Waals surface area contributed by atoms with E-state index in [-0.39, 0.29) is 17.8 Å². The van der Waals surface area contributed by atoms with Crippen LogP contribution >= 0.6 is 0 Å². The first-order chi connectivity index (χ1) is 16.9. The maximum atomic E-state index is 13.1. The molecule has 4 aliphatic rings. The molecule has 3 saturated heterocycles. The summed E-state index contributed by atoms with van der Waals surface area (Å²) in [4.78, 5) is 50.0. The first kappa shape index (κ1) is 24.5. The van der Waals surface area contributed by atoms with Gasteiger partial charge in [0.25, 0.3) is 0 Å². The third-order valence-corrected chi connectivity index (χ3v) is 7.39. The minimum absolute atomic E-state index is 0.0582. The zero-order valence-corrected chi connectivity index (χ0v) is 20.7. The Kier molecular flexibility index (Phi) is 5.56. The van der Waals surface area contributed by atoms with Crippen molar-refractivity contribution in [2.75, 3.05) is 7.11 Å². The number of furan rings is 1. The monoisotopic (exact) mass is 504 g/mol. The molecule has 5 rings (SSSR count). The molecular formula is C25H28O11. The van der Waals surface area contributed by atoms with Gasteiger partial charge in [0.15, 0.2) is 6.10 Å². The van der Waals surface area contributed by atoms with Gasteiger partial charge in [0, 0.05) is 31.8 Å². The molecule has 4 bridgehead atoms. The van der Waals surface area contributed by atoms with Crippen LogP contribution in [0.4, 0.5) is 0 Å². The lowest BCUT2D eigenvalue weighted by Crippen LogP contribution is -2.43. The maximum absolute atomic E-state index is 13.1. The number of esters is 4. The van der Waals surface area contributed by atoms with Gasteiger partial charge in [-0.15, -0.1) is 0 Å². The normalized spacial score (nSPS) is 38.1. The van der Waals surface area contributed by atoms with E-state index in [0.29, 0.717) is 17.7 Å². The molecule has 8 atom stereocenters. The smallest absolute Gasteiger partial charge is 0.345 e. The van der Waals surface area contributed by atoms with Crippen LogP contribution in [0, 0.1) is 12.8 Å². The lowest BCUT2D eigenvalue weighted by molar-refractivity contribution is -0.168. The number of carbonyl (C=O) groups excluding carboxylic acids is 4. The van der Waals surface area contributed by atoms with Gasteiger partial charge < -0.3 is 32.8 Å². The van der Waals surface area contributed by atoms with Crippen LogP contribution in [0.15, 0.2) is 22.6 Å². The number of methoxy groups -OCH3 is 1. The standard InChI is InChI=1S/C25H28O11/c1-10-7-15-20-24(5,35-20)9-16-21-25(36-21,23(29)34-16)17(31-12(3)26)8-14(11(2)22(28)30-6)19(18(10)33-15)32-13(4)27/h7,14,16-17,19-21H,2,8-9H2,1,3-6H3/t14-,16+,17+,19+,20-,21+,24-,25+/m0/s1. The number of epoxide rings is 2. The summed E-state index contributed by atoms with van der Waals surface area (Å²) in [6.07, 6.45) is -3.87. The van der Waals surface area contributed by atoms with Crippen molar-refractivity contribution in [2.45, 2.75) is 82.3 Å². The summed E-state index contributed by atoms with van der Waals surface area (Å²) < 4.78 is 39.8. The minimum atomic E-state index is -1.55. The summed E-state index contributed by atoms with van der Waals surface area (Å²) in [6.45, 7) is 9.96. The molecule has 0 amide bonds. The molecule has 194 valence electrons. The average Bonchev–Trinajstić information content (AvgIpc) is 3.63. The van der Waals surface area contributed by atoms with Crippen molar-refractivity contribution in [3.63, 3.8) is 0 Å². The van der Waals surface area contributed by atoms with E-state index < -0.39 is 71.5 Å². The highest BCUT2D eigenvalue weighted by atomic mass is 16.7. The summed E-state index contributed by atoms with van der Waals surface area (Å²) in [5, 5.41) is 0. The van der Waals surface area contributed by atoms with Crippen LogP contribution in [-0.4, -0.2) is 60.5 Å². The van der Waals surface area contributed by atoms with E-state index in [9.17, 15) is 19.2 Å². The molecule has 5 heterocycles. The molecule has 1 aromatic heterocycles. The molecule has 0 N–H and O–H groups in total. The zero-order chi connectivity index (χ0) is 26.2. The Hall–Kier alpha value is -3.18. The molecule has 11 heteroatoms. The average molecular weight is 504 g/mol. The van der Waals surface area contributed by atoms with Crippen LogP contribution in [-0.2, 0) is 47.6 Å². The molecule has 36 heavy (non-hydrogen) atoms.